The SMILES string of the molecule is CC1C(=O)Nc2cc3nc(N)sc3cc21. The van der Waals surface area contributed by atoms with Crippen molar-refractivity contribution in [3.05, 3.63) is 17.7 Å². The van der Waals surface area contributed by atoms with E-state index in [1.807, 2.05) is 19.1 Å². The molecule has 1 unspecified atom stereocenters. The largest absolute Gasteiger partial charge is 0.375 e. The summed E-state index contributed by atoms with van der Waals surface area (Å²) in [4.78, 5) is 15.6. The second kappa shape index (κ2) is 2.70. The molecule has 2 aromatic rings. The van der Waals surface area contributed by atoms with Crippen molar-refractivity contribution >= 4 is 38.3 Å². The lowest BCUT2D eigenvalue weighted by Crippen LogP contribution is -2.08. The van der Waals surface area contributed by atoms with Gasteiger partial charge in [-0.25, -0.2) is 4.98 Å². The van der Waals surface area contributed by atoms with Crippen LogP contribution in [0.5, 0.6) is 0 Å². The fourth-order valence-electron chi connectivity index (χ4n) is 1.86. The first-order chi connectivity index (χ1) is 7.15. The number of hydrogen-bond acceptors (Lipinski definition) is 4. The molecule has 76 valence electrons. The molecule has 5 heteroatoms. The third-order valence-corrected chi connectivity index (χ3v) is 3.54. The number of hydrogen-bond donors (Lipinski definition) is 2. The lowest BCUT2D eigenvalue weighted by molar-refractivity contribution is -0.116. The van der Waals surface area contributed by atoms with Crippen LogP contribution >= 0.6 is 11.3 Å². The van der Waals surface area contributed by atoms with Gasteiger partial charge in [-0.1, -0.05) is 11.3 Å². The molecule has 0 fully saturated rings. The number of nitrogens with one attached hydrogen (secondary N) is 1. The lowest BCUT2D eigenvalue weighted by Gasteiger charge is -1.99. The standard InChI is InChI=1S/C10H9N3OS/c1-4-5-2-8-7(13-10(11)15-8)3-6(5)12-9(4)14/h2-4H,1H3,(H2,11,13)(H,12,14). The van der Waals surface area contributed by atoms with E-state index in [1.54, 1.807) is 0 Å². The molecule has 1 atom stereocenters. The molecule has 0 saturated heterocycles. The number of nitrogens with zero attached hydrogens (tertiary/aromatic N) is 1. The van der Waals surface area contributed by atoms with Crippen molar-refractivity contribution < 1.29 is 4.79 Å². The molecule has 0 radical (unpaired) electrons. The summed E-state index contributed by atoms with van der Waals surface area (Å²) in [5, 5.41) is 3.40. The zero-order valence-electron chi connectivity index (χ0n) is 8.07. The molecule has 1 amide bonds. The summed E-state index contributed by atoms with van der Waals surface area (Å²) in [6, 6.07) is 3.89. The zero-order valence-corrected chi connectivity index (χ0v) is 8.89. The quantitative estimate of drug-likeness (QED) is 0.711. The summed E-state index contributed by atoms with van der Waals surface area (Å²) in [7, 11) is 0. The van der Waals surface area contributed by atoms with Gasteiger partial charge >= 0.3 is 0 Å². The first kappa shape index (κ1) is 8.67. The topological polar surface area (TPSA) is 68.0 Å². The molecule has 15 heavy (non-hydrogen) atoms. The van der Waals surface area contributed by atoms with Crippen LogP contribution in [0, 0.1) is 0 Å². The predicted molar refractivity (Wildman–Crippen MR) is 61.1 cm³/mol. The lowest BCUT2D eigenvalue weighted by atomic mass is 10.0. The number of nitrogen functional groups attached to an aromatic ring is 1. The molecule has 1 aliphatic rings. The van der Waals surface area contributed by atoms with Crippen molar-refractivity contribution in [2.45, 2.75) is 12.8 Å². The Hall–Kier alpha value is -1.62. The van der Waals surface area contributed by atoms with Crippen LogP contribution in [0.25, 0.3) is 10.2 Å². The van der Waals surface area contributed by atoms with Gasteiger partial charge in [0.1, 0.15) is 0 Å². The van der Waals surface area contributed by atoms with E-state index in [-0.39, 0.29) is 11.8 Å². The molecule has 4 nitrogen and oxygen atoms in total. The summed E-state index contributed by atoms with van der Waals surface area (Å²) < 4.78 is 1.04. The number of fused-ring (bicyclic) bond motifs is 2. The van der Waals surface area contributed by atoms with Crippen LogP contribution in [0.3, 0.4) is 0 Å². The average Bonchev–Trinajstić information content (AvgIpc) is 2.65. The summed E-state index contributed by atoms with van der Waals surface area (Å²) in [5.41, 5.74) is 8.39. The van der Waals surface area contributed by atoms with E-state index < -0.39 is 0 Å². The van der Waals surface area contributed by atoms with E-state index >= 15 is 0 Å². The molecular formula is C10H9N3OS. The Labute approximate surface area is 90.1 Å². The molecule has 1 aromatic carbocycles. The van der Waals surface area contributed by atoms with Crippen LogP contribution in [0.15, 0.2) is 12.1 Å². The monoisotopic (exact) mass is 219 g/mol. The summed E-state index contributed by atoms with van der Waals surface area (Å²) >= 11 is 1.45. The Kier molecular flexibility index (Phi) is 1.56. The van der Waals surface area contributed by atoms with Crippen molar-refractivity contribution in [1.82, 2.24) is 4.98 Å². The molecule has 2 heterocycles. The minimum atomic E-state index is -0.0762. The number of amides is 1. The number of rotatable bonds is 0. The first-order valence-electron chi connectivity index (χ1n) is 4.66. The van der Waals surface area contributed by atoms with E-state index in [0.29, 0.717) is 5.13 Å². The van der Waals surface area contributed by atoms with Gasteiger partial charge in [-0.2, -0.15) is 0 Å². The van der Waals surface area contributed by atoms with Crippen molar-refractivity contribution in [1.29, 1.82) is 0 Å². The summed E-state index contributed by atoms with van der Waals surface area (Å²) in [6.45, 7) is 1.90. The maximum absolute atomic E-state index is 11.4. The van der Waals surface area contributed by atoms with Gasteiger partial charge in [-0.05, 0) is 24.6 Å². The van der Waals surface area contributed by atoms with E-state index in [9.17, 15) is 4.79 Å². The summed E-state index contributed by atoms with van der Waals surface area (Å²) in [5.74, 6) is -0.0247. The molecule has 0 bridgehead atoms. The number of nitrogens with two attached hydrogens (primary N) is 1. The number of carbonyl (C=O) groups excluding carboxylic acids is 1. The Balaban J connectivity index is 2.30. The highest BCUT2D eigenvalue weighted by atomic mass is 32.1. The maximum atomic E-state index is 11.4. The van der Waals surface area contributed by atoms with Crippen molar-refractivity contribution in [3.63, 3.8) is 0 Å². The van der Waals surface area contributed by atoms with E-state index in [2.05, 4.69) is 10.3 Å². The number of benzene rings is 1. The van der Waals surface area contributed by atoms with Crippen LogP contribution in [0.4, 0.5) is 10.8 Å². The first-order valence-corrected chi connectivity index (χ1v) is 5.47. The van der Waals surface area contributed by atoms with Gasteiger partial charge in [0.05, 0.1) is 16.1 Å². The van der Waals surface area contributed by atoms with Gasteiger partial charge in [0.15, 0.2) is 5.13 Å². The molecule has 3 rings (SSSR count). The Bertz CT molecular complexity index is 575. The smallest absolute Gasteiger partial charge is 0.231 e. The highest BCUT2D eigenvalue weighted by Crippen LogP contribution is 2.37. The number of thiazole rings is 1. The normalized spacial score (nSPS) is 19.3. The van der Waals surface area contributed by atoms with E-state index in [4.69, 9.17) is 5.73 Å². The summed E-state index contributed by atoms with van der Waals surface area (Å²) in [6.07, 6.45) is 0. The van der Waals surface area contributed by atoms with Gasteiger partial charge in [-0.15, -0.1) is 0 Å². The van der Waals surface area contributed by atoms with Gasteiger partial charge in [-0.3, -0.25) is 4.79 Å². The predicted octanol–water partition coefficient (Wildman–Crippen LogP) is 1.93. The number of carbonyl (C=O) groups is 1. The molecule has 0 spiro atoms. The van der Waals surface area contributed by atoms with Crippen LogP contribution in [0.2, 0.25) is 0 Å². The fourth-order valence-corrected chi connectivity index (χ4v) is 2.62. The van der Waals surface area contributed by atoms with Crippen LogP contribution in [0.1, 0.15) is 18.4 Å². The van der Waals surface area contributed by atoms with Crippen LogP contribution in [-0.2, 0) is 4.79 Å². The minimum Gasteiger partial charge on any atom is -0.375 e. The molecule has 1 aromatic heterocycles. The second-order valence-corrected chi connectivity index (χ2v) is 4.73. The average molecular weight is 219 g/mol. The van der Waals surface area contributed by atoms with Gasteiger partial charge in [0.2, 0.25) is 5.91 Å². The van der Waals surface area contributed by atoms with Crippen molar-refractivity contribution in [2.75, 3.05) is 11.1 Å². The molecule has 1 aliphatic heterocycles. The molecule has 0 aliphatic carbocycles. The Morgan fingerprint density at radius 3 is 3.13 bits per heavy atom. The van der Waals surface area contributed by atoms with Crippen molar-refractivity contribution in [3.8, 4) is 0 Å². The van der Waals surface area contributed by atoms with Gasteiger partial charge in [0, 0.05) is 5.69 Å². The maximum Gasteiger partial charge on any atom is 0.231 e. The molecular weight excluding hydrogens is 210 g/mol. The Morgan fingerprint density at radius 2 is 2.33 bits per heavy atom. The second-order valence-electron chi connectivity index (χ2n) is 3.67. The van der Waals surface area contributed by atoms with E-state index in [0.717, 1.165) is 21.5 Å². The highest BCUT2D eigenvalue weighted by Gasteiger charge is 2.27. The van der Waals surface area contributed by atoms with Crippen LogP contribution < -0.4 is 11.1 Å². The molecule has 3 N–H and O–H groups in total. The minimum absolute atomic E-state index is 0.0515. The van der Waals surface area contributed by atoms with E-state index in [1.165, 1.54) is 11.3 Å². The molecule has 0 saturated carbocycles. The third kappa shape index (κ3) is 1.13. The van der Waals surface area contributed by atoms with Crippen molar-refractivity contribution in [2.24, 2.45) is 0 Å². The van der Waals surface area contributed by atoms with Gasteiger partial charge < -0.3 is 11.1 Å². The third-order valence-electron chi connectivity index (χ3n) is 2.69. The van der Waals surface area contributed by atoms with Crippen LogP contribution in [-0.4, -0.2) is 10.9 Å². The Morgan fingerprint density at radius 1 is 1.53 bits per heavy atom. The number of aromatic nitrogens is 1. The number of anilines is 2. The fraction of sp³-hybridized carbons (Fsp3) is 0.200. The highest BCUT2D eigenvalue weighted by molar-refractivity contribution is 7.22. The zero-order chi connectivity index (χ0) is 10.6. The van der Waals surface area contributed by atoms with Gasteiger partial charge in [0.25, 0.3) is 0 Å².